The highest BCUT2D eigenvalue weighted by molar-refractivity contribution is 5.80. The molecule has 92 valence electrons. The van der Waals surface area contributed by atoms with Gasteiger partial charge >= 0.3 is 5.97 Å². The predicted octanol–water partition coefficient (Wildman–Crippen LogP) is 2.47. The third-order valence-electron chi connectivity index (χ3n) is 3.74. The minimum atomic E-state index is -0.887. The molecule has 1 N–H and O–H groups in total. The van der Waals surface area contributed by atoms with Gasteiger partial charge in [0.2, 0.25) is 0 Å². The van der Waals surface area contributed by atoms with Crippen LogP contribution >= 0.6 is 0 Å². The summed E-state index contributed by atoms with van der Waals surface area (Å²) in [4.78, 5) is 13.8. The van der Waals surface area contributed by atoms with Gasteiger partial charge in [-0.1, -0.05) is 36.8 Å². The summed E-state index contributed by atoms with van der Waals surface area (Å²) < 4.78 is 0. The summed E-state index contributed by atoms with van der Waals surface area (Å²) >= 11 is 0. The summed E-state index contributed by atoms with van der Waals surface area (Å²) in [5.41, 5.74) is -0.0174. The highest BCUT2D eigenvalue weighted by Crippen LogP contribution is 2.31. The van der Waals surface area contributed by atoms with Crippen molar-refractivity contribution in [3.63, 3.8) is 0 Å². The maximum atomic E-state index is 11.7. The van der Waals surface area contributed by atoms with Gasteiger partial charge in [-0.3, -0.25) is 4.90 Å². The van der Waals surface area contributed by atoms with Crippen LogP contribution in [0, 0.1) is 0 Å². The van der Waals surface area contributed by atoms with Crippen molar-refractivity contribution in [3.05, 3.63) is 35.9 Å². The fourth-order valence-corrected chi connectivity index (χ4v) is 2.55. The van der Waals surface area contributed by atoms with Gasteiger partial charge in [-0.25, -0.2) is 4.79 Å². The van der Waals surface area contributed by atoms with E-state index in [0.717, 1.165) is 31.5 Å². The maximum absolute atomic E-state index is 11.7. The molecule has 1 aliphatic rings. The molecule has 0 spiro atoms. The van der Waals surface area contributed by atoms with E-state index in [1.165, 1.54) is 6.42 Å². The Kier molecular flexibility index (Phi) is 3.48. The van der Waals surface area contributed by atoms with Crippen LogP contribution in [-0.2, 0) is 10.3 Å². The zero-order chi connectivity index (χ0) is 12.3. The highest BCUT2D eigenvalue weighted by Gasteiger charge is 2.41. The zero-order valence-corrected chi connectivity index (χ0v) is 10.2. The van der Waals surface area contributed by atoms with Gasteiger partial charge in [0.15, 0.2) is 0 Å². The highest BCUT2D eigenvalue weighted by atomic mass is 16.4. The largest absolute Gasteiger partial charge is 0.480 e. The lowest BCUT2D eigenvalue weighted by Gasteiger charge is -2.40. The van der Waals surface area contributed by atoms with Gasteiger partial charge in [-0.15, -0.1) is 0 Å². The Balaban J connectivity index is 2.35. The molecule has 1 atom stereocenters. The molecule has 1 aromatic rings. The van der Waals surface area contributed by atoms with Gasteiger partial charge in [0.05, 0.1) is 0 Å². The summed E-state index contributed by atoms with van der Waals surface area (Å²) in [6, 6.07) is 9.54. The molecule has 3 heteroatoms. The number of hydrogen-bond acceptors (Lipinski definition) is 2. The van der Waals surface area contributed by atoms with E-state index in [1.54, 1.807) is 0 Å². The van der Waals surface area contributed by atoms with Crippen molar-refractivity contribution in [2.24, 2.45) is 0 Å². The fourth-order valence-electron chi connectivity index (χ4n) is 2.55. The minimum absolute atomic E-state index is 0.759. The zero-order valence-electron chi connectivity index (χ0n) is 10.2. The van der Waals surface area contributed by atoms with Gasteiger partial charge < -0.3 is 5.11 Å². The van der Waals surface area contributed by atoms with Crippen LogP contribution < -0.4 is 0 Å². The summed E-state index contributed by atoms with van der Waals surface area (Å²) in [5, 5.41) is 9.60. The smallest absolute Gasteiger partial charge is 0.328 e. The molecule has 0 radical (unpaired) electrons. The molecule has 0 bridgehead atoms. The summed E-state index contributed by atoms with van der Waals surface area (Å²) in [5.74, 6) is -0.759. The Morgan fingerprint density at radius 1 is 1.18 bits per heavy atom. The first-order chi connectivity index (χ1) is 8.15. The quantitative estimate of drug-likeness (QED) is 0.872. The second-order valence-electron chi connectivity index (χ2n) is 4.79. The Morgan fingerprint density at radius 3 is 2.29 bits per heavy atom. The van der Waals surface area contributed by atoms with E-state index in [4.69, 9.17) is 0 Å². The van der Waals surface area contributed by atoms with Crippen molar-refractivity contribution in [1.82, 2.24) is 4.90 Å². The Hall–Kier alpha value is -1.35. The topological polar surface area (TPSA) is 40.5 Å². The number of rotatable bonds is 3. The predicted molar refractivity (Wildman–Crippen MR) is 66.9 cm³/mol. The number of carbonyl (C=O) groups is 1. The molecule has 0 amide bonds. The molecule has 3 nitrogen and oxygen atoms in total. The van der Waals surface area contributed by atoms with Crippen LogP contribution in [0.2, 0.25) is 0 Å². The van der Waals surface area contributed by atoms with Gasteiger partial charge in [-0.05, 0) is 38.4 Å². The van der Waals surface area contributed by atoms with E-state index in [0.29, 0.717) is 0 Å². The molecular weight excluding hydrogens is 214 g/mol. The van der Waals surface area contributed by atoms with Crippen LogP contribution in [0.25, 0.3) is 0 Å². The van der Waals surface area contributed by atoms with Crippen molar-refractivity contribution in [1.29, 1.82) is 0 Å². The van der Waals surface area contributed by atoms with Crippen molar-refractivity contribution in [2.45, 2.75) is 31.7 Å². The molecule has 1 fully saturated rings. The number of aliphatic carboxylic acids is 1. The van der Waals surface area contributed by atoms with Crippen molar-refractivity contribution < 1.29 is 9.90 Å². The van der Waals surface area contributed by atoms with Crippen LogP contribution in [0.15, 0.2) is 30.3 Å². The number of carboxylic acids is 1. The molecule has 0 aliphatic carbocycles. The second kappa shape index (κ2) is 4.88. The van der Waals surface area contributed by atoms with Crippen molar-refractivity contribution >= 4 is 5.97 Å². The first-order valence-electron chi connectivity index (χ1n) is 6.19. The van der Waals surface area contributed by atoms with Gasteiger partial charge in [0.1, 0.15) is 5.54 Å². The Labute approximate surface area is 102 Å². The van der Waals surface area contributed by atoms with Crippen molar-refractivity contribution in [3.8, 4) is 0 Å². The first kappa shape index (κ1) is 12.1. The minimum Gasteiger partial charge on any atom is -0.480 e. The molecule has 0 saturated carbocycles. The van der Waals surface area contributed by atoms with E-state index in [-0.39, 0.29) is 0 Å². The number of nitrogens with zero attached hydrogens (tertiary/aromatic N) is 1. The average molecular weight is 233 g/mol. The second-order valence-corrected chi connectivity index (χ2v) is 4.79. The molecule has 1 aliphatic heterocycles. The van der Waals surface area contributed by atoms with Gasteiger partial charge in [0, 0.05) is 0 Å². The first-order valence-corrected chi connectivity index (χ1v) is 6.19. The van der Waals surface area contributed by atoms with Crippen molar-refractivity contribution in [2.75, 3.05) is 13.1 Å². The Bertz CT molecular complexity index is 384. The number of likely N-dealkylation sites (tertiary alicyclic amines) is 1. The molecule has 0 aromatic heterocycles. The summed E-state index contributed by atoms with van der Waals surface area (Å²) in [6.07, 6.45) is 3.40. The number of hydrogen-bond donors (Lipinski definition) is 1. The lowest BCUT2D eigenvalue weighted by Crippen LogP contribution is -2.51. The van der Waals surface area contributed by atoms with Gasteiger partial charge in [-0.2, -0.15) is 0 Å². The van der Waals surface area contributed by atoms with Crippen LogP contribution in [0.4, 0.5) is 0 Å². The normalized spacial score (nSPS) is 20.8. The molecule has 1 saturated heterocycles. The van der Waals surface area contributed by atoms with E-state index >= 15 is 0 Å². The molecule has 1 heterocycles. The molecular formula is C14H19NO2. The maximum Gasteiger partial charge on any atom is 0.328 e. The van der Waals surface area contributed by atoms with E-state index in [2.05, 4.69) is 4.90 Å². The van der Waals surface area contributed by atoms with Crippen LogP contribution in [0.3, 0.4) is 0 Å². The lowest BCUT2D eigenvalue weighted by atomic mass is 9.88. The summed E-state index contributed by atoms with van der Waals surface area (Å²) in [6.45, 7) is 3.56. The molecule has 2 rings (SSSR count). The van der Waals surface area contributed by atoms with E-state index < -0.39 is 11.5 Å². The van der Waals surface area contributed by atoms with Crippen LogP contribution in [0.5, 0.6) is 0 Å². The van der Waals surface area contributed by atoms with Gasteiger partial charge in [0.25, 0.3) is 0 Å². The average Bonchev–Trinajstić information content (AvgIpc) is 2.39. The molecule has 17 heavy (non-hydrogen) atoms. The number of carboxylic acid groups (broad SMARTS) is 1. The third kappa shape index (κ3) is 2.20. The fraction of sp³-hybridized carbons (Fsp3) is 0.500. The monoisotopic (exact) mass is 233 g/mol. The number of piperidine rings is 1. The van der Waals surface area contributed by atoms with E-state index in [9.17, 15) is 9.90 Å². The summed E-state index contributed by atoms with van der Waals surface area (Å²) in [7, 11) is 0. The Morgan fingerprint density at radius 2 is 1.76 bits per heavy atom. The van der Waals surface area contributed by atoms with E-state index in [1.807, 2.05) is 37.3 Å². The van der Waals surface area contributed by atoms with Crippen LogP contribution in [-0.4, -0.2) is 29.1 Å². The number of benzene rings is 1. The van der Waals surface area contributed by atoms with Crippen LogP contribution in [0.1, 0.15) is 31.7 Å². The molecule has 1 aromatic carbocycles. The lowest BCUT2D eigenvalue weighted by molar-refractivity contribution is -0.152. The molecule has 0 unspecified atom stereocenters. The SMILES string of the molecule is C[C@](C(=O)O)(c1ccccc1)N1CCCCC1. The standard InChI is InChI=1S/C14H19NO2/c1-14(13(16)17,12-8-4-2-5-9-12)15-10-6-3-7-11-15/h2,4-5,8-9H,3,6-7,10-11H2,1H3,(H,16,17)/t14-/m1/s1. The third-order valence-corrected chi connectivity index (χ3v) is 3.74.